The number of carbonyl (C=O) groups excluding carboxylic acids is 6. The van der Waals surface area contributed by atoms with E-state index in [4.69, 9.17) is 18.0 Å². The molecule has 106 heavy (non-hydrogen) atoms. The second-order valence-corrected chi connectivity index (χ2v) is 27.9. The number of aromatic nitrogens is 12. The van der Waals surface area contributed by atoms with Crippen LogP contribution in [0, 0.1) is 27.3 Å². The molecule has 0 bridgehead atoms. The molecule has 0 aliphatic carbocycles. The van der Waals surface area contributed by atoms with Crippen molar-refractivity contribution in [2.45, 2.75) is 52.9 Å². The van der Waals surface area contributed by atoms with Crippen LogP contribution in [0.4, 0.5) is 34.5 Å². The predicted molar refractivity (Wildman–Crippen MR) is 421 cm³/mol. The van der Waals surface area contributed by atoms with Gasteiger partial charge in [-0.25, -0.2) is 21.5 Å². The fourth-order valence-corrected chi connectivity index (χ4v) is 10.1. The van der Waals surface area contributed by atoms with Crippen LogP contribution in [0.15, 0.2) is 115 Å². The van der Waals surface area contributed by atoms with Crippen LogP contribution in [0.5, 0.6) is 0 Å². The number of nitrogens with one attached hydrogen (secondary N) is 8. The van der Waals surface area contributed by atoms with Gasteiger partial charge >= 0.3 is 5.97 Å². The molecule has 4 amide bonds. The Kier molecular flexibility index (Phi) is 34.6. The third kappa shape index (κ3) is 27.9. The molecule has 0 saturated carbocycles. The third-order valence-corrected chi connectivity index (χ3v) is 16.5. The molecule has 33 nitrogen and oxygen atoms in total. The molecule has 0 saturated heterocycles. The number of ketones is 1. The molecule has 0 atom stereocenters. The van der Waals surface area contributed by atoms with Crippen molar-refractivity contribution >= 4 is 129 Å². The van der Waals surface area contributed by atoms with E-state index in [9.17, 15) is 38.4 Å². The van der Waals surface area contributed by atoms with Crippen LogP contribution in [-0.2, 0) is 33.6 Å². The third-order valence-electron chi connectivity index (χ3n) is 15.0. The summed E-state index contributed by atoms with van der Waals surface area (Å²) in [6.45, 7) is 16.4. The van der Waals surface area contributed by atoms with E-state index >= 15 is 0 Å². The van der Waals surface area contributed by atoms with Gasteiger partial charge in [0.2, 0.25) is 5.78 Å². The van der Waals surface area contributed by atoms with Crippen LogP contribution < -0.4 is 43.9 Å². The lowest BCUT2D eigenvalue weighted by molar-refractivity contribution is -0.140. The lowest BCUT2D eigenvalue weighted by Gasteiger charge is -2.08. The van der Waals surface area contributed by atoms with E-state index < -0.39 is 34.7 Å². The number of H-pyrrole nitrogens is 4. The summed E-state index contributed by atoms with van der Waals surface area (Å²) in [5.74, 6) is -0.886. The number of esters is 1. The van der Waals surface area contributed by atoms with Crippen molar-refractivity contribution in [3.63, 3.8) is 0 Å². The molecule has 0 spiro atoms. The average Bonchev–Trinajstić information content (AvgIpc) is 1.58. The van der Waals surface area contributed by atoms with Crippen molar-refractivity contribution < 1.29 is 33.5 Å². The number of benzene rings is 3. The number of likely N-dealkylation sites (N-methyl/N-ethyl adjacent to an activating group) is 3. The van der Waals surface area contributed by atoms with Gasteiger partial charge in [-0.05, 0) is 144 Å². The molecule has 0 aliphatic heterocycles. The minimum Gasteiger partial charge on any atom is -0.469 e. The SMILES string of the molecule is CN(C)CCc1cc(N)n[nH]1.CN(C)CCc1cc(N)n[nH]1.COC(=O)CCN(C)C.Cc1ccc(Br)cc1NC(=O)c1nc[nH]c1C(=O)Nc1cc(CCN(C)C)[nH]n1.Cc1ccc(Br)cc1NC(=O)c1ncn2c(=O)c3c(C(=O)Nc4cc(Br)ccc4C)ncn3c(=O)c12.[C-]#[N+]CC(=O)CCN(C)C. The fraction of sp³-hybridized carbons (Fsp3) is 0.357. The smallest absolute Gasteiger partial charge is 0.306 e. The Morgan fingerprint density at radius 1 is 0.509 bits per heavy atom. The van der Waals surface area contributed by atoms with Crippen molar-refractivity contribution in [3.8, 4) is 0 Å². The van der Waals surface area contributed by atoms with Gasteiger partial charge in [-0.2, -0.15) is 15.3 Å². The molecule has 0 radical (unpaired) electrons. The van der Waals surface area contributed by atoms with Crippen molar-refractivity contribution in [1.82, 2.24) is 83.8 Å². The van der Waals surface area contributed by atoms with E-state index in [2.05, 4.69) is 144 Å². The fourth-order valence-electron chi connectivity index (χ4n) is 9.06. The first-order valence-electron chi connectivity index (χ1n) is 32.8. The number of nitrogen functional groups attached to an aromatic ring is 2. The average molecular weight is 1650 g/mol. The van der Waals surface area contributed by atoms with Gasteiger partial charge in [-0.3, -0.25) is 62.5 Å². The Labute approximate surface area is 638 Å². The number of hydrogen-bond donors (Lipinski definition) is 10. The number of Topliss-reactive ketones (excluding diaryl/α,β-unsaturated/α-hetero) is 1. The number of halogens is 3. The second-order valence-electron chi connectivity index (χ2n) is 25.2. The maximum absolute atomic E-state index is 13.3. The number of ether oxygens (including phenoxy) is 1. The summed E-state index contributed by atoms with van der Waals surface area (Å²) in [4.78, 5) is 127. The van der Waals surface area contributed by atoms with E-state index in [0.717, 1.165) is 121 Å². The van der Waals surface area contributed by atoms with E-state index in [1.807, 2.05) is 150 Å². The summed E-state index contributed by atoms with van der Waals surface area (Å²) in [5.41, 5.74) is 15.9. The number of fused-ring (bicyclic) bond motifs is 2. The van der Waals surface area contributed by atoms with E-state index in [1.54, 1.807) is 24.3 Å². The number of imidazole rings is 3. The largest absolute Gasteiger partial charge is 0.469 e. The number of nitrogens with zero attached hydrogens (tertiary/aromatic N) is 14. The Morgan fingerprint density at radius 3 is 1.25 bits per heavy atom. The number of methoxy groups -OCH3 is 1. The van der Waals surface area contributed by atoms with Crippen LogP contribution in [0.1, 0.15) is 88.6 Å². The highest BCUT2D eigenvalue weighted by molar-refractivity contribution is 9.11. The number of hydrogen-bond acceptors (Lipinski definition) is 22. The van der Waals surface area contributed by atoms with Crippen LogP contribution in [0.25, 0.3) is 15.9 Å². The van der Waals surface area contributed by atoms with Gasteiger partial charge in [0.25, 0.3) is 41.3 Å². The maximum Gasteiger partial charge on any atom is 0.306 e. The highest BCUT2D eigenvalue weighted by Crippen LogP contribution is 2.25. The van der Waals surface area contributed by atoms with Crippen molar-refractivity contribution in [3.05, 3.63) is 194 Å². The molecule has 10 aromatic rings. The molecule has 3 aromatic carbocycles. The summed E-state index contributed by atoms with van der Waals surface area (Å²) in [6.07, 6.45) is 7.18. The van der Waals surface area contributed by atoms with Crippen molar-refractivity contribution in [1.29, 1.82) is 0 Å². The molecule has 7 aromatic heterocycles. The second kappa shape index (κ2) is 42.5. The summed E-state index contributed by atoms with van der Waals surface area (Å²) in [5, 5.41) is 31.3. The Balaban J connectivity index is 0.000000253. The number of carbonyl (C=O) groups is 6. The monoisotopic (exact) mass is 1650 g/mol. The number of aryl methyl sites for hydroxylation is 3. The zero-order chi connectivity index (χ0) is 78.5. The minimum absolute atomic E-state index is 0.00485. The number of amides is 4. The Morgan fingerprint density at radius 2 is 0.887 bits per heavy atom. The van der Waals surface area contributed by atoms with Gasteiger partial charge in [0.15, 0.2) is 22.9 Å². The lowest BCUT2D eigenvalue weighted by Crippen LogP contribution is -2.28. The molecule has 12 N–H and O–H groups in total. The minimum atomic E-state index is -0.705. The zero-order valence-electron chi connectivity index (χ0n) is 61.7. The molecule has 7 heterocycles. The summed E-state index contributed by atoms with van der Waals surface area (Å²) >= 11 is 10.1. The van der Waals surface area contributed by atoms with Gasteiger partial charge in [-0.1, -0.05) is 66.0 Å². The quantitative estimate of drug-likeness (QED) is 0.0209. The number of aromatic amines is 4. The van der Waals surface area contributed by atoms with E-state index in [1.165, 1.54) is 13.4 Å². The normalized spacial score (nSPS) is 10.8. The Bertz CT molecular complexity index is 4560. The molecular weight excluding hydrogens is 1560 g/mol. The number of nitrogens with two attached hydrogens (primary N) is 2. The molecule has 566 valence electrons. The zero-order valence-corrected chi connectivity index (χ0v) is 66.4. The molecule has 10 rings (SSSR count). The van der Waals surface area contributed by atoms with E-state index in [-0.39, 0.29) is 52.1 Å². The van der Waals surface area contributed by atoms with Crippen LogP contribution in [0.3, 0.4) is 0 Å². The standard InChI is InChI=1S/C24H16Br2N6O4.C19H22BrN7O2.2C7H14N4.C7H12N2O.C6H13NO2/c1-11-3-5-13(25)7-15(11)29-21(33)17-19-23(35)32-10-28-18(20(32)24(36)31(19)9-27-17)22(34)30-16-8-14(26)6-4-12(16)2;1-11-4-5-12(20)8-14(11)23-18(28)16-17(22-10-21-16)19(29)24-15-9-13(25-26-15)6-7-27(2)3;2*1-11(2)4-3-6-5-7(8)10-9-6;1-8-6-7(10)4-5-9(2)3;1-7(2)5-4-6(8)9-3/h3-10H,1-2H3,(H,29,33)(H,30,34);4-5,8-10H,6-7H2,1-3H3,(H,21,22)(H,23,28)(H2,24,25,26,29);2*5H,3-4H2,1-2H3,(H3,8,9,10);4-6H2,2-3H3;4-5H2,1-3H3. The van der Waals surface area contributed by atoms with Crippen molar-refractivity contribution in [2.24, 2.45) is 0 Å². The van der Waals surface area contributed by atoms with Crippen LogP contribution >= 0.6 is 47.8 Å². The summed E-state index contributed by atoms with van der Waals surface area (Å²) < 4.78 is 8.71. The van der Waals surface area contributed by atoms with Gasteiger partial charge in [0, 0.05) is 124 Å². The molecule has 0 unspecified atom stereocenters. The van der Waals surface area contributed by atoms with Gasteiger partial charge in [0.05, 0.1) is 19.9 Å². The first-order valence-corrected chi connectivity index (χ1v) is 35.2. The maximum atomic E-state index is 13.3. The molecular formula is C70H91Br3N24O9. The molecule has 0 aliphatic rings. The Hall–Kier alpha value is -10.4. The summed E-state index contributed by atoms with van der Waals surface area (Å²) in [6, 6.07) is 21.8. The lowest BCUT2D eigenvalue weighted by atomic mass is 10.2. The number of anilines is 6. The highest BCUT2D eigenvalue weighted by Gasteiger charge is 2.27. The van der Waals surface area contributed by atoms with Crippen LogP contribution in [-0.4, -0.2) is 236 Å². The topological polar surface area (TPSA) is 416 Å². The van der Waals surface area contributed by atoms with Gasteiger partial charge in [-0.15, -0.1) is 0 Å². The summed E-state index contributed by atoms with van der Waals surface area (Å²) in [7, 11) is 21.2. The first kappa shape index (κ1) is 86.3. The van der Waals surface area contributed by atoms with Crippen LogP contribution in [0.2, 0.25) is 0 Å². The van der Waals surface area contributed by atoms with E-state index in [0.29, 0.717) is 47.4 Å². The van der Waals surface area contributed by atoms with Gasteiger partial charge < -0.3 is 71.8 Å². The first-order chi connectivity index (χ1) is 50.2. The van der Waals surface area contributed by atoms with Crippen molar-refractivity contribution in [2.75, 3.05) is 150 Å². The molecule has 0 fully saturated rings. The highest BCUT2D eigenvalue weighted by atomic mass is 79.9. The molecule has 36 heteroatoms. The number of rotatable bonds is 24. The van der Waals surface area contributed by atoms with Gasteiger partial charge in [0.1, 0.15) is 41.0 Å². The predicted octanol–water partition coefficient (Wildman–Crippen LogP) is 7.33.